The maximum Gasteiger partial charge on any atom is 0.416 e. The first-order valence-corrected chi connectivity index (χ1v) is 15.4. The number of anilines is 1. The molecule has 0 radical (unpaired) electrons. The highest BCUT2D eigenvalue weighted by Gasteiger charge is 2.34. The summed E-state index contributed by atoms with van der Waals surface area (Å²) in [4.78, 5) is 19.4. The van der Waals surface area contributed by atoms with Crippen LogP contribution in [0.3, 0.4) is 0 Å². The number of aryl methyl sites for hydroxylation is 1. The molecule has 2 atom stereocenters. The van der Waals surface area contributed by atoms with Crippen LogP contribution in [0, 0.1) is 24.2 Å². The summed E-state index contributed by atoms with van der Waals surface area (Å²) in [5, 5.41) is 15.7. The van der Waals surface area contributed by atoms with Crippen molar-refractivity contribution in [3.8, 4) is 6.07 Å². The minimum Gasteiger partial charge on any atom is -0.351 e. The van der Waals surface area contributed by atoms with Crippen molar-refractivity contribution in [2.45, 2.75) is 58.9 Å². The molecule has 1 aromatic heterocycles. The van der Waals surface area contributed by atoms with Crippen LogP contribution in [0.1, 0.15) is 53.8 Å². The van der Waals surface area contributed by atoms with Gasteiger partial charge >= 0.3 is 6.18 Å². The Bertz CT molecular complexity index is 1680. The molecule has 240 valence electrons. The quantitative estimate of drug-likeness (QED) is 0.160. The fourth-order valence-corrected chi connectivity index (χ4v) is 5.35. The third-order valence-electron chi connectivity index (χ3n) is 8.03. The summed E-state index contributed by atoms with van der Waals surface area (Å²) in [6.45, 7) is 6.49. The van der Waals surface area contributed by atoms with E-state index < -0.39 is 17.8 Å². The number of hydrogen-bond acceptors (Lipinski definition) is 4. The predicted octanol–water partition coefficient (Wildman–Crippen LogP) is 7.10. The van der Waals surface area contributed by atoms with Gasteiger partial charge in [-0.05, 0) is 66.0 Å². The zero-order chi connectivity index (χ0) is 33.3. The minimum atomic E-state index is -4.53. The van der Waals surface area contributed by atoms with Gasteiger partial charge in [-0.1, -0.05) is 68.8 Å². The van der Waals surface area contributed by atoms with Gasteiger partial charge in [0, 0.05) is 43.3 Å². The Kier molecular flexibility index (Phi) is 11.6. The number of amides is 1. The number of halogens is 3. The minimum absolute atomic E-state index is 0.00543. The SMILES string of the molecule is CC[C@H](C)[C@@H](CN(Cc1ccccc1C(F)(F)F)C(=S)Nc1ccccc1C)NC(=O)Cc1cncn1Cc1ccc(C#N)cc1. The van der Waals surface area contributed by atoms with Gasteiger partial charge in [0.2, 0.25) is 5.91 Å². The first-order valence-electron chi connectivity index (χ1n) is 15.0. The number of alkyl halides is 3. The number of hydrogen-bond donors (Lipinski definition) is 2. The van der Waals surface area contributed by atoms with E-state index in [-0.39, 0.29) is 42.0 Å². The van der Waals surface area contributed by atoms with Gasteiger partial charge < -0.3 is 20.1 Å². The van der Waals surface area contributed by atoms with Gasteiger partial charge in [0.15, 0.2) is 5.11 Å². The van der Waals surface area contributed by atoms with Crippen molar-refractivity contribution < 1.29 is 18.0 Å². The molecule has 0 aliphatic heterocycles. The number of nitrogens with zero attached hydrogens (tertiary/aromatic N) is 4. The second kappa shape index (κ2) is 15.5. The largest absolute Gasteiger partial charge is 0.416 e. The first-order chi connectivity index (χ1) is 22.0. The Morgan fingerprint density at radius 2 is 1.78 bits per heavy atom. The molecule has 2 N–H and O–H groups in total. The maximum absolute atomic E-state index is 14.0. The molecule has 11 heteroatoms. The summed E-state index contributed by atoms with van der Waals surface area (Å²) in [6, 6.07) is 21.9. The molecule has 1 heterocycles. The molecule has 1 amide bonds. The van der Waals surface area contributed by atoms with E-state index in [4.69, 9.17) is 17.5 Å². The Labute approximate surface area is 273 Å². The number of thiocarbonyl (C=S) groups is 1. The molecule has 0 saturated heterocycles. The van der Waals surface area contributed by atoms with Crippen LogP contribution in [-0.4, -0.2) is 38.1 Å². The zero-order valence-electron chi connectivity index (χ0n) is 26.0. The van der Waals surface area contributed by atoms with Crippen LogP contribution in [0.25, 0.3) is 0 Å². The summed E-state index contributed by atoms with van der Waals surface area (Å²) in [7, 11) is 0. The van der Waals surface area contributed by atoms with Gasteiger partial charge in [-0.2, -0.15) is 18.4 Å². The number of imidazole rings is 1. The summed E-state index contributed by atoms with van der Waals surface area (Å²) in [5.74, 6) is -0.241. The predicted molar refractivity (Wildman–Crippen MR) is 177 cm³/mol. The maximum atomic E-state index is 14.0. The third kappa shape index (κ3) is 9.17. The topological polar surface area (TPSA) is 86.0 Å². The van der Waals surface area contributed by atoms with Crippen LogP contribution in [-0.2, 0) is 30.5 Å². The van der Waals surface area contributed by atoms with Crippen LogP contribution in [0.5, 0.6) is 0 Å². The molecule has 4 rings (SSSR count). The van der Waals surface area contributed by atoms with E-state index in [1.54, 1.807) is 35.6 Å². The highest BCUT2D eigenvalue weighted by molar-refractivity contribution is 7.80. The van der Waals surface area contributed by atoms with Crippen LogP contribution in [0.2, 0.25) is 0 Å². The Morgan fingerprint density at radius 1 is 1.09 bits per heavy atom. The van der Waals surface area contributed by atoms with Crippen LogP contribution in [0.4, 0.5) is 18.9 Å². The highest BCUT2D eigenvalue weighted by atomic mass is 32.1. The number of carbonyl (C=O) groups excluding carboxylic acids is 1. The van der Waals surface area contributed by atoms with Crippen molar-refractivity contribution in [1.82, 2.24) is 19.8 Å². The van der Waals surface area contributed by atoms with Crippen molar-refractivity contribution in [3.63, 3.8) is 0 Å². The smallest absolute Gasteiger partial charge is 0.351 e. The van der Waals surface area contributed by atoms with E-state index in [0.29, 0.717) is 17.8 Å². The van der Waals surface area contributed by atoms with E-state index in [1.807, 2.05) is 61.7 Å². The average Bonchev–Trinajstić information content (AvgIpc) is 3.46. The van der Waals surface area contributed by atoms with Gasteiger partial charge in [-0.25, -0.2) is 4.98 Å². The number of aromatic nitrogens is 2. The molecule has 0 saturated carbocycles. The van der Waals surface area contributed by atoms with Crippen molar-refractivity contribution in [1.29, 1.82) is 5.26 Å². The molecule has 4 aromatic rings. The summed E-state index contributed by atoms with van der Waals surface area (Å²) < 4.78 is 43.7. The summed E-state index contributed by atoms with van der Waals surface area (Å²) in [5.41, 5.74) is 3.28. The lowest BCUT2D eigenvalue weighted by molar-refractivity contribution is -0.138. The number of carbonyl (C=O) groups is 1. The molecule has 0 aliphatic rings. The lowest BCUT2D eigenvalue weighted by atomic mass is 9.97. The van der Waals surface area contributed by atoms with E-state index in [9.17, 15) is 18.0 Å². The standard InChI is InChI=1S/C35H37F3N6OS/c1-4-24(2)32(41-33(45)17-29-19-40-23-44(29)20-27-15-13-26(18-39)14-16-27)22-43(34(46)42-31-12-8-5-9-25(31)3)21-28-10-6-7-11-30(28)35(36,37)38/h5-16,19,23-24,32H,4,17,20-22H2,1-3H3,(H,41,45)(H,42,46)/t24-,32+/m0/s1. The monoisotopic (exact) mass is 646 g/mol. The lowest BCUT2D eigenvalue weighted by Crippen LogP contribution is -2.50. The molecule has 0 spiro atoms. The van der Waals surface area contributed by atoms with Crippen molar-refractivity contribution in [2.75, 3.05) is 11.9 Å². The van der Waals surface area contributed by atoms with E-state index in [1.165, 1.54) is 12.1 Å². The molecule has 3 aromatic carbocycles. The number of para-hydroxylation sites is 1. The van der Waals surface area contributed by atoms with Crippen LogP contribution >= 0.6 is 12.2 Å². The number of rotatable bonds is 12. The van der Waals surface area contributed by atoms with E-state index in [0.717, 1.165) is 29.3 Å². The summed E-state index contributed by atoms with van der Waals surface area (Å²) >= 11 is 5.79. The van der Waals surface area contributed by atoms with E-state index >= 15 is 0 Å². The van der Waals surface area contributed by atoms with Crippen molar-refractivity contribution in [2.24, 2.45) is 5.92 Å². The first kappa shape index (κ1) is 34.2. The van der Waals surface area contributed by atoms with Gasteiger partial charge in [-0.15, -0.1) is 0 Å². The molecule has 46 heavy (non-hydrogen) atoms. The van der Waals surface area contributed by atoms with Gasteiger partial charge in [0.05, 0.1) is 29.9 Å². The molecule has 7 nitrogen and oxygen atoms in total. The second-order valence-corrected chi connectivity index (χ2v) is 11.7. The molecule has 0 aliphatic carbocycles. The molecule has 0 fully saturated rings. The second-order valence-electron chi connectivity index (χ2n) is 11.3. The number of nitriles is 1. The van der Waals surface area contributed by atoms with Gasteiger partial charge in [0.25, 0.3) is 0 Å². The molecule has 0 unspecified atom stereocenters. The normalized spacial score (nSPS) is 12.5. The van der Waals surface area contributed by atoms with Crippen LogP contribution in [0.15, 0.2) is 85.3 Å². The fourth-order valence-electron chi connectivity index (χ4n) is 5.10. The number of nitrogens with one attached hydrogen (secondary N) is 2. The third-order valence-corrected chi connectivity index (χ3v) is 8.39. The highest BCUT2D eigenvalue weighted by Crippen LogP contribution is 2.32. The van der Waals surface area contributed by atoms with Crippen molar-refractivity contribution in [3.05, 3.63) is 119 Å². The number of benzene rings is 3. The Morgan fingerprint density at radius 3 is 2.46 bits per heavy atom. The molecular weight excluding hydrogens is 609 g/mol. The fraction of sp³-hybridized carbons (Fsp3) is 0.314. The van der Waals surface area contributed by atoms with Gasteiger partial charge in [-0.3, -0.25) is 4.79 Å². The van der Waals surface area contributed by atoms with E-state index in [2.05, 4.69) is 21.7 Å². The molecule has 0 bridgehead atoms. The van der Waals surface area contributed by atoms with Gasteiger partial charge in [0.1, 0.15) is 0 Å². The molecular formula is C35H37F3N6OS. The lowest BCUT2D eigenvalue weighted by Gasteiger charge is -2.34. The van der Waals surface area contributed by atoms with Crippen LogP contribution < -0.4 is 10.6 Å². The Hall–Kier alpha value is -4.69. The summed E-state index contributed by atoms with van der Waals surface area (Å²) in [6.07, 6.45) is -0.442. The average molecular weight is 647 g/mol. The van der Waals surface area contributed by atoms with Crippen molar-refractivity contribution >= 4 is 28.9 Å². The zero-order valence-corrected chi connectivity index (χ0v) is 26.8. The Balaban J connectivity index is 1.55.